The molecule has 2 aromatic rings. The van der Waals surface area contributed by atoms with Crippen LogP contribution in [0.2, 0.25) is 5.02 Å². The van der Waals surface area contributed by atoms with E-state index in [1.54, 1.807) is 12.1 Å². The lowest BCUT2D eigenvalue weighted by Gasteiger charge is -2.39. The Morgan fingerprint density at radius 1 is 1.12 bits per heavy atom. The molecule has 0 spiro atoms. The topological polar surface area (TPSA) is 12.0 Å². The Hall–Kier alpha value is -1.94. The van der Waals surface area contributed by atoms with Crippen LogP contribution in [0.1, 0.15) is 40.6 Å². The van der Waals surface area contributed by atoms with Crippen molar-refractivity contribution in [3.8, 4) is 0 Å². The van der Waals surface area contributed by atoms with E-state index < -0.39 is 11.7 Å². The molecule has 0 aromatic heterocycles. The number of aryl methyl sites for hydroxylation is 1. The second kappa shape index (κ2) is 5.80. The molecule has 2 aliphatic rings. The van der Waals surface area contributed by atoms with Crippen molar-refractivity contribution in [2.75, 3.05) is 5.32 Å². The van der Waals surface area contributed by atoms with Gasteiger partial charge in [0.15, 0.2) is 0 Å². The molecular formula is C20H17ClF3N. The van der Waals surface area contributed by atoms with Crippen molar-refractivity contribution in [2.45, 2.75) is 31.5 Å². The van der Waals surface area contributed by atoms with E-state index in [0.717, 1.165) is 23.2 Å². The van der Waals surface area contributed by atoms with Gasteiger partial charge in [0.1, 0.15) is 0 Å². The maximum atomic E-state index is 13.5. The van der Waals surface area contributed by atoms with Crippen LogP contribution in [0.5, 0.6) is 0 Å². The highest BCUT2D eigenvalue weighted by molar-refractivity contribution is 6.30. The van der Waals surface area contributed by atoms with Gasteiger partial charge < -0.3 is 5.32 Å². The number of anilines is 1. The minimum atomic E-state index is -4.37. The predicted octanol–water partition coefficient (Wildman–Crippen LogP) is 6.49. The molecule has 3 atom stereocenters. The van der Waals surface area contributed by atoms with Crippen molar-refractivity contribution in [3.63, 3.8) is 0 Å². The minimum absolute atomic E-state index is 0.0499. The van der Waals surface area contributed by atoms with E-state index in [2.05, 4.69) is 17.5 Å². The largest absolute Gasteiger partial charge is 0.416 e. The van der Waals surface area contributed by atoms with E-state index in [1.807, 2.05) is 19.1 Å². The number of fused-ring (bicyclic) bond motifs is 3. The van der Waals surface area contributed by atoms with Crippen molar-refractivity contribution < 1.29 is 13.2 Å². The van der Waals surface area contributed by atoms with Gasteiger partial charge in [-0.1, -0.05) is 42.0 Å². The molecule has 1 N–H and O–H groups in total. The molecule has 2 aromatic carbocycles. The highest BCUT2D eigenvalue weighted by atomic mass is 35.5. The van der Waals surface area contributed by atoms with Gasteiger partial charge in [-0.25, -0.2) is 0 Å². The maximum Gasteiger partial charge on any atom is 0.416 e. The number of rotatable bonds is 1. The molecule has 5 heteroatoms. The fourth-order valence-corrected chi connectivity index (χ4v) is 4.46. The average molecular weight is 364 g/mol. The molecule has 4 rings (SSSR count). The third-order valence-electron chi connectivity index (χ3n) is 5.23. The Labute approximate surface area is 149 Å². The third kappa shape index (κ3) is 2.73. The van der Waals surface area contributed by atoms with Crippen LogP contribution in [0.4, 0.5) is 18.9 Å². The highest BCUT2D eigenvalue weighted by Crippen LogP contribution is 2.52. The van der Waals surface area contributed by atoms with E-state index in [-0.39, 0.29) is 17.9 Å². The van der Waals surface area contributed by atoms with Gasteiger partial charge in [-0.05, 0) is 54.2 Å². The lowest BCUT2D eigenvalue weighted by molar-refractivity contribution is -0.138. The fourth-order valence-electron chi connectivity index (χ4n) is 4.18. The molecule has 1 aliphatic carbocycles. The molecule has 0 saturated carbocycles. The molecule has 0 saturated heterocycles. The van der Waals surface area contributed by atoms with E-state index >= 15 is 0 Å². The first-order valence-corrected chi connectivity index (χ1v) is 8.63. The van der Waals surface area contributed by atoms with Gasteiger partial charge in [-0.15, -0.1) is 0 Å². The summed E-state index contributed by atoms with van der Waals surface area (Å²) in [5, 5.41) is 4.05. The lowest BCUT2D eigenvalue weighted by Crippen LogP contribution is -2.31. The van der Waals surface area contributed by atoms with E-state index in [0.29, 0.717) is 10.6 Å². The number of benzene rings is 2. The van der Waals surface area contributed by atoms with Gasteiger partial charge in [0, 0.05) is 16.6 Å². The van der Waals surface area contributed by atoms with Gasteiger partial charge in [0.25, 0.3) is 0 Å². The first-order chi connectivity index (χ1) is 11.9. The number of alkyl halides is 3. The Morgan fingerprint density at radius 3 is 2.64 bits per heavy atom. The van der Waals surface area contributed by atoms with Crippen LogP contribution in [-0.2, 0) is 6.18 Å². The van der Waals surface area contributed by atoms with Gasteiger partial charge in [0.05, 0.1) is 11.6 Å². The van der Waals surface area contributed by atoms with E-state index in [9.17, 15) is 13.2 Å². The molecular weight excluding hydrogens is 347 g/mol. The molecule has 1 aliphatic heterocycles. The molecule has 1 nitrogen and oxygen atoms in total. The molecule has 0 amide bonds. The first kappa shape index (κ1) is 16.5. The standard InChI is InChI=1S/C20H17ClF3N/c1-11-9-12(21)10-16-13-6-4-7-14(13)19(25-18(11)16)15-5-2-3-8-17(15)20(22,23)24/h2-6,8-10,13-14,19,25H,7H2,1H3/t13-,14-,19+/m1/s1. The van der Waals surface area contributed by atoms with Gasteiger partial charge in [0.2, 0.25) is 0 Å². The van der Waals surface area contributed by atoms with Crippen molar-refractivity contribution >= 4 is 17.3 Å². The lowest BCUT2D eigenvalue weighted by atomic mass is 9.75. The Bertz CT molecular complexity index is 857. The Kier molecular flexibility index (Phi) is 3.84. The zero-order valence-electron chi connectivity index (χ0n) is 13.6. The molecule has 0 unspecified atom stereocenters. The van der Waals surface area contributed by atoms with Gasteiger partial charge >= 0.3 is 6.18 Å². The second-order valence-corrected chi connectivity index (χ2v) is 7.18. The summed E-state index contributed by atoms with van der Waals surface area (Å²) in [5.41, 5.74) is 2.68. The highest BCUT2D eigenvalue weighted by Gasteiger charge is 2.42. The summed E-state index contributed by atoms with van der Waals surface area (Å²) >= 11 is 6.21. The summed E-state index contributed by atoms with van der Waals surface area (Å²) in [7, 11) is 0. The van der Waals surface area contributed by atoms with Crippen LogP contribution >= 0.6 is 11.6 Å². The first-order valence-electron chi connectivity index (χ1n) is 8.25. The summed E-state index contributed by atoms with van der Waals surface area (Å²) in [5.74, 6) is 0.133. The maximum absolute atomic E-state index is 13.5. The van der Waals surface area contributed by atoms with Gasteiger partial charge in [-0.2, -0.15) is 13.2 Å². The summed E-state index contributed by atoms with van der Waals surface area (Å²) in [6, 6.07) is 9.26. The quantitative estimate of drug-likeness (QED) is 0.571. The predicted molar refractivity (Wildman–Crippen MR) is 94.0 cm³/mol. The van der Waals surface area contributed by atoms with Gasteiger partial charge in [-0.3, -0.25) is 0 Å². The number of nitrogens with one attached hydrogen (secondary N) is 1. The average Bonchev–Trinajstić information content (AvgIpc) is 3.03. The number of hydrogen-bond acceptors (Lipinski definition) is 1. The van der Waals surface area contributed by atoms with Crippen LogP contribution in [0, 0.1) is 12.8 Å². The Morgan fingerprint density at radius 2 is 1.88 bits per heavy atom. The second-order valence-electron chi connectivity index (χ2n) is 6.75. The van der Waals surface area contributed by atoms with E-state index in [1.165, 1.54) is 12.1 Å². The minimum Gasteiger partial charge on any atom is -0.377 e. The summed E-state index contributed by atoms with van der Waals surface area (Å²) in [4.78, 5) is 0. The van der Waals surface area contributed by atoms with Crippen molar-refractivity contribution in [3.05, 3.63) is 75.8 Å². The smallest absolute Gasteiger partial charge is 0.377 e. The normalized spacial score (nSPS) is 24.6. The number of hydrogen-bond donors (Lipinski definition) is 1. The monoisotopic (exact) mass is 363 g/mol. The summed E-state index contributed by atoms with van der Waals surface area (Å²) < 4.78 is 40.5. The summed E-state index contributed by atoms with van der Waals surface area (Å²) in [6.45, 7) is 1.93. The van der Waals surface area contributed by atoms with E-state index in [4.69, 9.17) is 11.6 Å². The third-order valence-corrected chi connectivity index (χ3v) is 5.45. The molecule has 25 heavy (non-hydrogen) atoms. The van der Waals surface area contributed by atoms with Crippen LogP contribution in [0.15, 0.2) is 48.6 Å². The molecule has 0 radical (unpaired) electrons. The zero-order chi connectivity index (χ0) is 17.8. The zero-order valence-corrected chi connectivity index (χ0v) is 14.3. The molecule has 1 heterocycles. The van der Waals surface area contributed by atoms with Crippen LogP contribution in [0.3, 0.4) is 0 Å². The van der Waals surface area contributed by atoms with Crippen LogP contribution in [0.25, 0.3) is 0 Å². The molecule has 0 bridgehead atoms. The van der Waals surface area contributed by atoms with Crippen LogP contribution < -0.4 is 5.32 Å². The number of halogens is 4. The Balaban J connectivity index is 1.86. The summed E-state index contributed by atoms with van der Waals surface area (Å²) in [6.07, 6.45) is 0.545. The molecule has 0 fully saturated rings. The van der Waals surface area contributed by atoms with Crippen molar-refractivity contribution in [1.29, 1.82) is 0 Å². The van der Waals surface area contributed by atoms with Crippen molar-refractivity contribution in [1.82, 2.24) is 0 Å². The SMILES string of the molecule is Cc1cc(Cl)cc2c1N[C@H](c1ccccc1C(F)(F)F)[C@@H]1CC=C[C@@H]21. The van der Waals surface area contributed by atoms with Crippen LogP contribution in [-0.4, -0.2) is 0 Å². The fraction of sp³-hybridized carbons (Fsp3) is 0.300. The molecule has 130 valence electrons. The van der Waals surface area contributed by atoms with Crippen molar-refractivity contribution in [2.24, 2.45) is 5.92 Å². The number of allylic oxidation sites excluding steroid dienone is 2.